The predicted octanol–water partition coefficient (Wildman–Crippen LogP) is 4.79. The molecule has 0 saturated carbocycles. The highest BCUT2D eigenvalue weighted by Gasteiger charge is 2.36. The molecule has 0 N–H and O–H groups in total. The molecule has 0 amide bonds. The lowest BCUT2D eigenvalue weighted by Crippen LogP contribution is -2.41. The normalized spacial score (nSPS) is 15.6. The van der Waals surface area contributed by atoms with Gasteiger partial charge in [0.2, 0.25) is 0 Å². The van der Waals surface area contributed by atoms with Crippen molar-refractivity contribution in [3.8, 4) is 0 Å². The van der Waals surface area contributed by atoms with Crippen LogP contribution in [-0.4, -0.2) is 23.7 Å². The van der Waals surface area contributed by atoms with E-state index in [9.17, 15) is 0 Å². The molecule has 1 atom stereocenters. The van der Waals surface area contributed by atoms with Crippen molar-refractivity contribution in [1.29, 1.82) is 0 Å². The van der Waals surface area contributed by atoms with Gasteiger partial charge >= 0.3 is 0 Å². The molecule has 0 saturated heterocycles. The van der Waals surface area contributed by atoms with E-state index in [0.717, 1.165) is 12.5 Å². The number of hydrogen-bond acceptors (Lipinski definition) is 1. The largest absolute Gasteiger partial charge is 0.417 e. The molecule has 0 aromatic heterocycles. The quantitative estimate of drug-likeness (QED) is 0.623. The summed E-state index contributed by atoms with van der Waals surface area (Å²) < 4.78 is 6.20. The van der Waals surface area contributed by atoms with Gasteiger partial charge in [-0.3, -0.25) is 0 Å². The van der Waals surface area contributed by atoms with E-state index < -0.39 is 8.32 Å². The minimum absolute atomic E-state index is 0.0711. The molecule has 1 radical (unpaired) electrons. The highest BCUT2D eigenvalue weighted by molar-refractivity contribution is 6.74. The van der Waals surface area contributed by atoms with Crippen LogP contribution in [0.3, 0.4) is 0 Å². The lowest BCUT2D eigenvalue weighted by molar-refractivity contribution is 0.264. The van der Waals surface area contributed by atoms with E-state index in [4.69, 9.17) is 4.43 Å². The monoisotopic (exact) mass is 259 g/mol. The molecule has 0 fully saturated rings. The average Bonchev–Trinajstić information content (AvgIpc) is 1.99. The Bertz CT molecular complexity index is 195. The molecule has 0 aliphatic heterocycles. The van der Waals surface area contributed by atoms with Crippen molar-refractivity contribution in [2.24, 2.45) is 5.92 Å². The van der Waals surface area contributed by atoms with Gasteiger partial charge in [-0.2, -0.15) is 0 Å². The molecular weight excluding hydrogens is 228 g/mol. The minimum Gasteiger partial charge on any atom is -0.417 e. The SMILES string of the molecule is CC(CCO[Si](C)(C)C(C)(C)C)C[Si](C)C. The summed E-state index contributed by atoms with van der Waals surface area (Å²) in [5, 5.41) is 0.348. The Morgan fingerprint density at radius 3 is 2.06 bits per heavy atom. The molecule has 16 heavy (non-hydrogen) atoms. The zero-order valence-corrected chi connectivity index (χ0v) is 14.6. The van der Waals surface area contributed by atoms with Crippen LogP contribution in [0.2, 0.25) is 37.3 Å². The molecule has 1 nitrogen and oxygen atoms in total. The molecular formula is C13H31OSi2. The fourth-order valence-electron chi connectivity index (χ4n) is 1.53. The van der Waals surface area contributed by atoms with Crippen molar-refractivity contribution < 1.29 is 4.43 Å². The van der Waals surface area contributed by atoms with Crippen molar-refractivity contribution in [2.45, 2.75) is 71.4 Å². The molecule has 0 aliphatic carbocycles. The van der Waals surface area contributed by atoms with Crippen LogP contribution < -0.4 is 0 Å². The minimum atomic E-state index is -1.50. The van der Waals surface area contributed by atoms with E-state index in [-0.39, 0.29) is 8.80 Å². The van der Waals surface area contributed by atoms with E-state index in [1.54, 1.807) is 0 Å². The van der Waals surface area contributed by atoms with Crippen molar-refractivity contribution in [2.75, 3.05) is 6.61 Å². The second-order valence-corrected chi connectivity index (χ2v) is 14.5. The zero-order valence-electron chi connectivity index (χ0n) is 12.6. The molecule has 3 heteroatoms. The maximum absolute atomic E-state index is 6.20. The van der Waals surface area contributed by atoms with Crippen LogP contribution in [-0.2, 0) is 4.43 Å². The Hall–Kier alpha value is 0.394. The van der Waals surface area contributed by atoms with Crippen LogP contribution in [0.1, 0.15) is 34.1 Å². The van der Waals surface area contributed by atoms with Crippen molar-refractivity contribution in [1.82, 2.24) is 0 Å². The van der Waals surface area contributed by atoms with Gasteiger partial charge in [0.05, 0.1) is 0 Å². The van der Waals surface area contributed by atoms with Crippen molar-refractivity contribution >= 4 is 17.1 Å². The van der Waals surface area contributed by atoms with Crippen LogP contribution in [0.4, 0.5) is 0 Å². The fraction of sp³-hybridized carbons (Fsp3) is 1.00. The van der Waals surface area contributed by atoms with Crippen molar-refractivity contribution in [3.05, 3.63) is 0 Å². The van der Waals surface area contributed by atoms with Crippen LogP contribution in [0.25, 0.3) is 0 Å². The van der Waals surface area contributed by atoms with E-state index >= 15 is 0 Å². The summed E-state index contributed by atoms with van der Waals surface area (Å²) in [4.78, 5) is 0. The maximum atomic E-state index is 6.20. The summed E-state index contributed by atoms with van der Waals surface area (Å²) in [6, 6.07) is 1.42. The first-order valence-electron chi connectivity index (χ1n) is 6.49. The number of rotatable bonds is 6. The first-order chi connectivity index (χ1) is 7.06. The topological polar surface area (TPSA) is 9.23 Å². The Morgan fingerprint density at radius 2 is 1.69 bits per heavy atom. The van der Waals surface area contributed by atoms with Gasteiger partial charge in [0.15, 0.2) is 8.32 Å². The van der Waals surface area contributed by atoms with Crippen LogP contribution >= 0.6 is 0 Å². The third kappa shape index (κ3) is 6.21. The molecule has 0 aromatic carbocycles. The van der Waals surface area contributed by atoms with Gasteiger partial charge in [0, 0.05) is 15.4 Å². The molecule has 1 unspecified atom stereocenters. The molecule has 0 rings (SSSR count). The Kier molecular flexibility index (Phi) is 6.52. The second kappa shape index (κ2) is 6.36. The van der Waals surface area contributed by atoms with Gasteiger partial charge in [0.1, 0.15) is 0 Å². The van der Waals surface area contributed by atoms with Crippen molar-refractivity contribution in [3.63, 3.8) is 0 Å². The first kappa shape index (κ1) is 16.4. The second-order valence-electron chi connectivity index (χ2n) is 6.91. The standard InChI is InChI=1S/C13H31OSi2/c1-12(11-15(5)6)9-10-14-16(7,8)13(2,3)4/h12H,9-11H2,1-8H3. The fourth-order valence-corrected chi connectivity index (χ4v) is 4.19. The lowest BCUT2D eigenvalue weighted by Gasteiger charge is -2.36. The van der Waals surface area contributed by atoms with E-state index in [1.807, 2.05) is 0 Å². The Morgan fingerprint density at radius 1 is 1.19 bits per heavy atom. The summed E-state index contributed by atoms with van der Waals surface area (Å²) in [6.45, 7) is 19.7. The van der Waals surface area contributed by atoms with Crippen LogP contribution in [0.5, 0.6) is 0 Å². The van der Waals surface area contributed by atoms with E-state index in [0.29, 0.717) is 5.04 Å². The lowest BCUT2D eigenvalue weighted by atomic mass is 10.1. The number of hydrogen-bond donors (Lipinski definition) is 0. The molecule has 0 heterocycles. The highest BCUT2D eigenvalue weighted by atomic mass is 28.4. The maximum Gasteiger partial charge on any atom is 0.191 e. The zero-order chi connectivity index (χ0) is 13.0. The van der Waals surface area contributed by atoms with Crippen LogP contribution in [0.15, 0.2) is 0 Å². The molecule has 0 spiro atoms. The predicted molar refractivity (Wildman–Crippen MR) is 79.2 cm³/mol. The first-order valence-corrected chi connectivity index (χ1v) is 12.1. The van der Waals surface area contributed by atoms with Gasteiger partial charge < -0.3 is 4.43 Å². The van der Waals surface area contributed by atoms with Crippen LogP contribution in [0, 0.1) is 5.92 Å². The average molecular weight is 260 g/mol. The molecule has 0 aromatic rings. The third-order valence-corrected chi connectivity index (χ3v) is 9.69. The third-order valence-electron chi connectivity index (χ3n) is 3.64. The summed E-state index contributed by atoms with van der Waals surface area (Å²) in [5.74, 6) is 0.841. The van der Waals surface area contributed by atoms with Gasteiger partial charge in [-0.15, -0.1) is 0 Å². The molecule has 97 valence electrons. The Balaban J connectivity index is 3.90. The van der Waals surface area contributed by atoms with Gasteiger partial charge in [0.25, 0.3) is 0 Å². The smallest absolute Gasteiger partial charge is 0.191 e. The van der Waals surface area contributed by atoms with E-state index in [2.05, 4.69) is 53.9 Å². The molecule has 0 bridgehead atoms. The Labute approximate surface area is 106 Å². The van der Waals surface area contributed by atoms with Gasteiger partial charge in [-0.1, -0.05) is 46.8 Å². The highest BCUT2D eigenvalue weighted by Crippen LogP contribution is 2.36. The summed E-state index contributed by atoms with van der Waals surface area (Å²) in [7, 11) is -1.57. The summed E-state index contributed by atoms with van der Waals surface area (Å²) in [6.07, 6.45) is 1.24. The van der Waals surface area contributed by atoms with Gasteiger partial charge in [-0.25, -0.2) is 0 Å². The van der Waals surface area contributed by atoms with Gasteiger partial charge in [-0.05, 0) is 30.5 Å². The summed E-state index contributed by atoms with van der Waals surface area (Å²) >= 11 is 0. The molecule has 0 aliphatic rings. The summed E-state index contributed by atoms with van der Waals surface area (Å²) in [5.41, 5.74) is 0. The van der Waals surface area contributed by atoms with E-state index in [1.165, 1.54) is 12.5 Å².